The van der Waals surface area contributed by atoms with Crippen LogP contribution in [0.3, 0.4) is 0 Å². The largest absolute Gasteiger partial charge is 0.478 e. The Hall–Kier alpha value is -4.46. The second-order valence-corrected chi connectivity index (χ2v) is 10.5. The van der Waals surface area contributed by atoms with Crippen molar-refractivity contribution in [2.75, 3.05) is 37.7 Å². The lowest BCUT2D eigenvalue weighted by molar-refractivity contribution is -0.0592. The molecule has 0 spiro atoms. The lowest BCUT2D eigenvalue weighted by Gasteiger charge is -2.35. The topological polar surface area (TPSA) is 93.0 Å². The van der Waals surface area contributed by atoms with Crippen LogP contribution in [0.25, 0.3) is 11.0 Å². The first-order chi connectivity index (χ1) is 20.5. The summed E-state index contributed by atoms with van der Waals surface area (Å²) in [5, 5.41) is 9.50. The third kappa shape index (κ3) is 6.08. The van der Waals surface area contributed by atoms with Gasteiger partial charge in [-0.25, -0.2) is 14.2 Å². The minimum absolute atomic E-state index is 0.0801. The Morgan fingerprint density at radius 3 is 2.67 bits per heavy atom. The van der Waals surface area contributed by atoms with Gasteiger partial charge in [0.15, 0.2) is 0 Å². The minimum atomic E-state index is -0.950. The van der Waals surface area contributed by atoms with Crippen LogP contribution in [0.2, 0.25) is 0 Å². The second-order valence-electron chi connectivity index (χ2n) is 10.5. The molecule has 1 atom stereocenters. The van der Waals surface area contributed by atoms with E-state index in [0.717, 1.165) is 61.9 Å². The zero-order valence-electron chi connectivity index (χ0n) is 23.4. The van der Waals surface area contributed by atoms with Crippen molar-refractivity contribution in [2.24, 2.45) is 0 Å². The fourth-order valence-electron chi connectivity index (χ4n) is 5.30. The van der Waals surface area contributed by atoms with Crippen molar-refractivity contribution in [1.82, 2.24) is 19.4 Å². The number of ether oxygens (including phenoxy) is 2. The van der Waals surface area contributed by atoms with E-state index in [1.54, 1.807) is 43.3 Å². The van der Waals surface area contributed by atoms with Crippen molar-refractivity contribution in [1.29, 1.82) is 0 Å². The number of rotatable bonds is 9. The number of pyridine rings is 1. The van der Waals surface area contributed by atoms with Gasteiger partial charge >= 0.3 is 5.97 Å². The Balaban J connectivity index is 1.09. The molecule has 216 valence electrons. The van der Waals surface area contributed by atoms with Gasteiger partial charge in [-0.15, -0.1) is 5.92 Å². The zero-order valence-corrected chi connectivity index (χ0v) is 23.4. The van der Waals surface area contributed by atoms with Crippen LogP contribution < -0.4 is 9.64 Å². The van der Waals surface area contributed by atoms with Crippen LogP contribution in [0, 0.1) is 17.7 Å². The Kier molecular flexibility index (Phi) is 8.04. The highest BCUT2D eigenvalue weighted by molar-refractivity contribution is 5.92. The molecule has 42 heavy (non-hydrogen) atoms. The van der Waals surface area contributed by atoms with Crippen molar-refractivity contribution in [2.45, 2.75) is 39.1 Å². The summed E-state index contributed by atoms with van der Waals surface area (Å²) in [6, 6.07) is 15.6. The number of fused-ring (bicyclic) bond motifs is 1. The van der Waals surface area contributed by atoms with Gasteiger partial charge in [-0.3, -0.25) is 4.90 Å². The molecular formula is C32H32FN5O4. The molecule has 0 aliphatic carbocycles. The van der Waals surface area contributed by atoms with Crippen molar-refractivity contribution in [3.8, 4) is 17.7 Å². The lowest BCUT2D eigenvalue weighted by Crippen LogP contribution is -2.46. The van der Waals surface area contributed by atoms with Crippen LogP contribution in [-0.2, 0) is 24.4 Å². The second kappa shape index (κ2) is 12.2. The third-order valence-electron chi connectivity index (χ3n) is 7.72. The van der Waals surface area contributed by atoms with Gasteiger partial charge in [0.2, 0.25) is 5.88 Å². The monoisotopic (exact) mass is 569 g/mol. The first-order valence-corrected chi connectivity index (χ1v) is 14.1. The van der Waals surface area contributed by atoms with Gasteiger partial charge < -0.3 is 24.0 Å². The summed E-state index contributed by atoms with van der Waals surface area (Å²) in [5.74, 6) is 6.50. The summed E-state index contributed by atoms with van der Waals surface area (Å²) < 4.78 is 28.1. The van der Waals surface area contributed by atoms with Crippen LogP contribution in [0.1, 0.15) is 40.7 Å². The molecule has 2 aliphatic heterocycles. The standard InChI is InChI=1S/C32H32FN5O4/c1-2-4-22-7-8-24(26(33)17-22)21-42-31-6-3-5-29(35-31)37-14-12-36(13-15-37)20-30-34-27-10-9-23(32(39)40)18-28(27)38(30)19-25-11-16-41-25/h3,5-10,17-18,25H,11-16,19-21H2,1H3,(H,39,40)/t25-/m0/s1. The SMILES string of the molecule is CC#Cc1ccc(COc2cccc(N3CCN(Cc4nc5ccc(C(=O)O)cc5n4C[C@@H]4CCO4)CC3)n2)c(F)c1. The van der Waals surface area contributed by atoms with E-state index in [-0.39, 0.29) is 24.1 Å². The number of carbonyl (C=O) groups is 1. The molecule has 0 bridgehead atoms. The Morgan fingerprint density at radius 2 is 1.95 bits per heavy atom. The average Bonchev–Trinajstić information content (AvgIpc) is 3.31. The van der Waals surface area contributed by atoms with Gasteiger partial charge in [-0.1, -0.05) is 18.1 Å². The number of hydrogen-bond acceptors (Lipinski definition) is 7. The number of carboxylic acids is 1. The molecule has 0 unspecified atom stereocenters. The maximum absolute atomic E-state index is 14.4. The van der Waals surface area contributed by atoms with Crippen LogP contribution in [-0.4, -0.2) is 69.4 Å². The van der Waals surface area contributed by atoms with Crippen LogP contribution in [0.4, 0.5) is 10.2 Å². The van der Waals surface area contributed by atoms with Crippen molar-refractivity contribution >= 4 is 22.8 Å². The van der Waals surface area contributed by atoms with Gasteiger partial charge in [0, 0.05) is 50.0 Å². The predicted molar refractivity (Wildman–Crippen MR) is 156 cm³/mol. The molecule has 0 saturated carbocycles. The van der Waals surface area contributed by atoms with E-state index in [4.69, 9.17) is 14.5 Å². The molecule has 1 N–H and O–H groups in total. The van der Waals surface area contributed by atoms with Crippen molar-refractivity contribution in [3.05, 3.63) is 82.9 Å². The quantitative estimate of drug-likeness (QED) is 0.298. The number of anilines is 1. The predicted octanol–water partition coefficient (Wildman–Crippen LogP) is 4.33. The van der Waals surface area contributed by atoms with Crippen LogP contribution in [0.5, 0.6) is 5.88 Å². The summed E-state index contributed by atoms with van der Waals surface area (Å²) in [6.07, 6.45) is 1.11. The fourth-order valence-corrected chi connectivity index (χ4v) is 5.30. The van der Waals surface area contributed by atoms with Gasteiger partial charge in [0.05, 0.1) is 35.8 Å². The van der Waals surface area contributed by atoms with E-state index in [0.29, 0.717) is 30.1 Å². The highest BCUT2D eigenvalue weighted by atomic mass is 19.1. The lowest BCUT2D eigenvalue weighted by atomic mass is 10.1. The fraction of sp³-hybridized carbons (Fsp3) is 0.344. The molecule has 2 fully saturated rings. The van der Waals surface area contributed by atoms with E-state index < -0.39 is 5.97 Å². The van der Waals surface area contributed by atoms with Gasteiger partial charge in [-0.05, 0) is 49.7 Å². The number of benzene rings is 2. The number of halogens is 1. The van der Waals surface area contributed by atoms with Gasteiger partial charge in [0.1, 0.15) is 24.1 Å². The number of hydrogen-bond donors (Lipinski definition) is 1. The van der Waals surface area contributed by atoms with E-state index >= 15 is 0 Å². The summed E-state index contributed by atoms with van der Waals surface area (Å²) in [5.41, 5.74) is 2.95. The number of nitrogens with zero attached hydrogens (tertiary/aromatic N) is 5. The van der Waals surface area contributed by atoms with Crippen LogP contribution in [0.15, 0.2) is 54.6 Å². The number of piperazine rings is 1. The van der Waals surface area contributed by atoms with E-state index in [1.165, 1.54) is 6.07 Å². The number of aromatic carboxylic acids is 1. The Bertz CT molecular complexity index is 1660. The van der Waals surface area contributed by atoms with Gasteiger partial charge in [-0.2, -0.15) is 4.98 Å². The summed E-state index contributed by atoms with van der Waals surface area (Å²) >= 11 is 0. The highest BCUT2D eigenvalue weighted by Gasteiger charge is 2.25. The number of carboxylic acid groups (broad SMARTS) is 1. The molecule has 10 heteroatoms. The first kappa shape index (κ1) is 27.7. The molecule has 9 nitrogen and oxygen atoms in total. The molecule has 2 aromatic heterocycles. The molecule has 0 amide bonds. The molecule has 2 saturated heterocycles. The van der Waals surface area contributed by atoms with E-state index in [9.17, 15) is 14.3 Å². The minimum Gasteiger partial charge on any atom is -0.478 e. The summed E-state index contributed by atoms with van der Waals surface area (Å²) in [6.45, 7) is 7.06. The van der Waals surface area contributed by atoms with Crippen molar-refractivity contribution in [3.63, 3.8) is 0 Å². The first-order valence-electron chi connectivity index (χ1n) is 14.1. The Labute approximate surface area is 243 Å². The Morgan fingerprint density at radius 1 is 1.12 bits per heavy atom. The van der Waals surface area contributed by atoms with E-state index in [1.807, 2.05) is 12.1 Å². The molecule has 2 aliphatic rings. The average molecular weight is 570 g/mol. The normalized spacial score (nSPS) is 17.0. The van der Waals surface area contributed by atoms with E-state index in [2.05, 4.69) is 31.2 Å². The molecule has 4 aromatic rings. The van der Waals surface area contributed by atoms with Crippen molar-refractivity contribution < 1.29 is 23.8 Å². The van der Waals surface area contributed by atoms with Crippen LogP contribution >= 0.6 is 0 Å². The smallest absolute Gasteiger partial charge is 0.335 e. The molecule has 0 radical (unpaired) electrons. The maximum atomic E-state index is 14.4. The summed E-state index contributed by atoms with van der Waals surface area (Å²) in [7, 11) is 0. The highest BCUT2D eigenvalue weighted by Crippen LogP contribution is 2.25. The molecule has 2 aromatic carbocycles. The molecule has 6 rings (SSSR count). The maximum Gasteiger partial charge on any atom is 0.335 e. The summed E-state index contributed by atoms with van der Waals surface area (Å²) in [4.78, 5) is 25.7. The number of imidazole rings is 1. The zero-order chi connectivity index (χ0) is 29.1. The number of aromatic nitrogens is 3. The molecule has 4 heterocycles. The molecular weight excluding hydrogens is 537 g/mol. The third-order valence-corrected chi connectivity index (χ3v) is 7.72. The van der Waals surface area contributed by atoms with Gasteiger partial charge in [0.25, 0.3) is 0 Å².